The van der Waals surface area contributed by atoms with Gasteiger partial charge in [-0.05, 0) is 24.0 Å². The van der Waals surface area contributed by atoms with E-state index in [2.05, 4.69) is 53.4 Å². The van der Waals surface area contributed by atoms with Crippen LogP contribution in [0, 0.1) is 0 Å². The normalized spacial score (nSPS) is 10.5. The first-order chi connectivity index (χ1) is 10.7. The summed E-state index contributed by atoms with van der Waals surface area (Å²) in [6.07, 6.45) is 4.83. The number of anilines is 2. The van der Waals surface area contributed by atoms with Crippen molar-refractivity contribution in [3.63, 3.8) is 0 Å². The Labute approximate surface area is 131 Å². The first-order valence-corrected chi connectivity index (χ1v) is 7.80. The zero-order valence-electron chi connectivity index (χ0n) is 13.3. The first kappa shape index (κ1) is 16.1. The lowest BCUT2D eigenvalue weighted by atomic mass is 10.1. The van der Waals surface area contributed by atoms with Gasteiger partial charge in [0.05, 0.1) is 6.20 Å². The van der Waals surface area contributed by atoms with Crippen molar-refractivity contribution in [1.29, 1.82) is 0 Å². The molecule has 0 spiro atoms. The fourth-order valence-electron chi connectivity index (χ4n) is 2.10. The largest absolute Gasteiger partial charge is 0.483 e. The van der Waals surface area contributed by atoms with Crippen LogP contribution in [0.1, 0.15) is 37.8 Å². The minimum Gasteiger partial charge on any atom is -0.483 e. The third kappa shape index (κ3) is 4.62. The van der Waals surface area contributed by atoms with Crippen molar-refractivity contribution in [2.45, 2.75) is 39.7 Å². The average Bonchev–Trinajstić information content (AvgIpc) is 2.54. The molecule has 0 saturated heterocycles. The van der Waals surface area contributed by atoms with Crippen LogP contribution in [-0.2, 0) is 13.0 Å². The summed E-state index contributed by atoms with van der Waals surface area (Å²) in [5.41, 5.74) is 8.10. The Morgan fingerprint density at radius 3 is 2.82 bits per heavy atom. The van der Waals surface area contributed by atoms with Gasteiger partial charge in [-0.25, -0.2) is 4.98 Å². The van der Waals surface area contributed by atoms with E-state index in [0.29, 0.717) is 18.2 Å². The van der Waals surface area contributed by atoms with Crippen LogP contribution >= 0.6 is 0 Å². The number of nitrogens with zero attached hydrogens (tertiary/aromatic N) is 2. The van der Waals surface area contributed by atoms with Crippen LogP contribution < -0.4 is 15.8 Å². The topological polar surface area (TPSA) is 73.1 Å². The molecule has 0 aliphatic rings. The summed E-state index contributed by atoms with van der Waals surface area (Å²) in [7, 11) is 0. The number of ether oxygens (including phenoxy) is 1. The molecule has 0 unspecified atom stereocenters. The molecule has 1 aromatic heterocycles. The molecule has 1 aromatic carbocycles. The summed E-state index contributed by atoms with van der Waals surface area (Å²) >= 11 is 0. The Kier molecular flexibility index (Phi) is 6.01. The van der Waals surface area contributed by atoms with Crippen molar-refractivity contribution in [3.8, 4) is 5.75 Å². The summed E-state index contributed by atoms with van der Waals surface area (Å²) in [5.74, 6) is 1.54. The second kappa shape index (κ2) is 8.22. The first-order valence-electron chi connectivity index (χ1n) is 7.80. The van der Waals surface area contributed by atoms with E-state index >= 15 is 0 Å². The van der Waals surface area contributed by atoms with Crippen LogP contribution in [0.15, 0.2) is 30.5 Å². The molecule has 0 aliphatic heterocycles. The van der Waals surface area contributed by atoms with Gasteiger partial charge in [-0.2, -0.15) is 4.98 Å². The number of nitrogens with one attached hydrogen (secondary N) is 1. The zero-order valence-corrected chi connectivity index (χ0v) is 13.3. The molecule has 0 amide bonds. The predicted octanol–water partition coefficient (Wildman–Crippen LogP) is 3.41. The molecule has 0 fully saturated rings. The summed E-state index contributed by atoms with van der Waals surface area (Å²) in [4.78, 5) is 8.24. The van der Waals surface area contributed by atoms with Gasteiger partial charge in [-0.3, -0.25) is 0 Å². The average molecular weight is 300 g/mol. The number of unbranched alkanes of at least 4 members (excludes halogenated alkanes) is 1. The van der Waals surface area contributed by atoms with Gasteiger partial charge in [0, 0.05) is 6.54 Å². The van der Waals surface area contributed by atoms with E-state index in [-0.39, 0.29) is 5.95 Å². The molecule has 0 bridgehead atoms. The van der Waals surface area contributed by atoms with E-state index in [4.69, 9.17) is 10.5 Å². The van der Waals surface area contributed by atoms with E-state index in [1.807, 2.05) is 0 Å². The number of hydrogen-bond acceptors (Lipinski definition) is 5. The van der Waals surface area contributed by atoms with Crippen LogP contribution in [0.2, 0.25) is 0 Å². The SMILES string of the molecule is CCCCNc1nc(N)ncc1OCc1cccc(CC)c1. The minimum atomic E-state index is 0.249. The number of rotatable bonds is 8. The number of aromatic nitrogens is 2. The molecule has 1 heterocycles. The Bertz CT molecular complexity index is 601. The highest BCUT2D eigenvalue weighted by Gasteiger charge is 2.07. The standard InChI is InChI=1S/C17H24N4O/c1-3-5-9-19-16-15(11-20-17(18)21-16)22-12-14-8-6-7-13(4-2)10-14/h6-8,10-11H,3-5,9,12H2,1-2H3,(H3,18,19,20,21). The number of nitrogen functional groups attached to an aromatic ring is 1. The van der Waals surface area contributed by atoms with Crippen molar-refractivity contribution in [2.24, 2.45) is 0 Å². The molecule has 118 valence electrons. The van der Waals surface area contributed by atoms with Gasteiger partial charge in [0.15, 0.2) is 11.6 Å². The molecule has 0 aliphatic carbocycles. The number of nitrogens with two attached hydrogens (primary N) is 1. The molecular weight excluding hydrogens is 276 g/mol. The van der Waals surface area contributed by atoms with Gasteiger partial charge in [0.25, 0.3) is 0 Å². The predicted molar refractivity (Wildman–Crippen MR) is 90.0 cm³/mol. The lowest BCUT2D eigenvalue weighted by Crippen LogP contribution is -2.08. The molecule has 0 radical (unpaired) electrons. The maximum absolute atomic E-state index is 5.87. The molecule has 5 heteroatoms. The molecule has 2 rings (SSSR count). The molecule has 22 heavy (non-hydrogen) atoms. The quantitative estimate of drug-likeness (QED) is 0.731. The molecular formula is C17H24N4O. The van der Waals surface area contributed by atoms with Crippen molar-refractivity contribution in [2.75, 3.05) is 17.6 Å². The summed E-state index contributed by atoms with van der Waals surface area (Å²) in [6, 6.07) is 8.38. The van der Waals surface area contributed by atoms with Crippen molar-refractivity contribution >= 4 is 11.8 Å². The van der Waals surface area contributed by atoms with E-state index < -0.39 is 0 Å². The third-order valence-electron chi connectivity index (χ3n) is 3.39. The summed E-state index contributed by atoms with van der Waals surface area (Å²) in [5, 5.41) is 3.26. The highest BCUT2D eigenvalue weighted by atomic mass is 16.5. The fraction of sp³-hybridized carbons (Fsp3) is 0.412. The summed E-state index contributed by atoms with van der Waals surface area (Å²) in [6.45, 7) is 5.62. The maximum Gasteiger partial charge on any atom is 0.222 e. The lowest BCUT2D eigenvalue weighted by Gasteiger charge is -2.12. The zero-order chi connectivity index (χ0) is 15.8. The lowest BCUT2D eigenvalue weighted by molar-refractivity contribution is 0.305. The molecule has 5 nitrogen and oxygen atoms in total. The highest BCUT2D eigenvalue weighted by Crippen LogP contribution is 2.23. The van der Waals surface area contributed by atoms with Gasteiger partial charge in [-0.15, -0.1) is 0 Å². The van der Waals surface area contributed by atoms with Crippen LogP contribution in [0.25, 0.3) is 0 Å². The van der Waals surface area contributed by atoms with Crippen LogP contribution in [0.4, 0.5) is 11.8 Å². The second-order valence-electron chi connectivity index (χ2n) is 5.18. The van der Waals surface area contributed by atoms with Gasteiger partial charge in [-0.1, -0.05) is 44.5 Å². The van der Waals surface area contributed by atoms with Crippen molar-refractivity contribution < 1.29 is 4.74 Å². The second-order valence-corrected chi connectivity index (χ2v) is 5.18. The molecule has 0 atom stereocenters. The molecule has 3 N–H and O–H groups in total. The number of aryl methyl sites for hydroxylation is 1. The fourth-order valence-corrected chi connectivity index (χ4v) is 2.10. The van der Waals surface area contributed by atoms with Crippen LogP contribution in [0.3, 0.4) is 0 Å². The van der Waals surface area contributed by atoms with Crippen LogP contribution in [0.5, 0.6) is 5.75 Å². The third-order valence-corrected chi connectivity index (χ3v) is 3.39. The maximum atomic E-state index is 5.87. The van der Waals surface area contributed by atoms with E-state index in [0.717, 1.165) is 31.4 Å². The van der Waals surface area contributed by atoms with Gasteiger partial charge in [0.2, 0.25) is 5.95 Å². The Hall–Kier alpha value is -2.30. The number of benzene rings is 1. The van der Waals surface area contributed by atoms with E-state index in [9.17, 15) is 0 Å². The Morgan fingerprint density at radius 1 is 1.23 bits per heavy atom. The molecule has 0 saturated carbocycles. The van der Waals surface area contributed by atoms with E-state index in [1.54, 1.807) is 6.20 Å². The van der Waals surface area contributed by atoms with Crippen molar-refractivity contribution in [1.82, 2.24) is 9.97 Å². The monoisotopic (exact) mass is 300 g/mol. The van der Waals surface area contributed by atoms with Gasteiger partial charge < -0.3 is 15.8 Å². The van der Waals surface area contributed by atoms with E-state index in [1.165, 1.54) is 5.56 Å². The van der Waals surface area contributed by atoms with Gasteiger partial charge >= 0.3 is 0 Å². The van der Waals surface area contributed by atoms with Gasteiger partial charge in [0.1, 0.15) is 6.61 Å². The summed E-state index contributed by atoms with van der Waals surface area (Å²) < 4.78 is 5.87. The Balaban J connectivity index is 2.04. The van der Waals surface area contributed by atoms with Crippen molar-refractivity contribution in [3.05, 3.63) is 41.6 Å². The highest BCUT2D eigenvalue weighted by molar-refractivity contribution is 5.51. The minimum absolute atomic E-state index is 0.249. The Morgan fingerprint density at radius 2 is 2.05 bits per heavy atom. The van der Waals surface area contributed by atoms with Crippen LogP contribution in [-0.4, -0.2) is 16.5 Å². The molecule has 2 aromatic rings. The number of hydrogen-bond donors (Lipinski definition) is 2. The smallest absolute Gasteiger partial charge is 0.222 e.